The maximum atomic E-state index is 13.1. The largest absolute Gasteiger partial charge is 0.385 e. The van der Waals surface area contributed by atoms with Crippen LogP contribution in [0.1, 0.15) is 18.4 Å². The Labute approximate surface area is 147 Å². The van der Waals surface area contributed by atoms with Crippen LogP contribution in [0.3, 0.4) is 0 Å². The summed E-state index contributed by atoms with van der Waals surface area (Å²) >= 11 is 0. The highest BCUT2D eigenvalue weighted by molar-refractivity contribution is 5.88. The smallest absolute Gasteiger partial charge is 0.237 e. The topological polar surface area (TPSA) is 61.9 Å². The summed E-state index contributed by atoms with van der Waals surface area (Å²) in [7, 11) is 3.47. The fraction of sp³-hybridized carbons (Fsp3) is 0.556. The van der Waals surface area contributed by atoms with Crippen molar-refractivity contribution in [3.05, 3.63) is 35.6 Å². The number of rotatable bonds is 8. The number of amides is 2. The fourth-order valence-electron chi connectivity index (χ4n) is 2.87. The minimum atomic E-state index is -0.445. The molecule has 25 heavy (non-hydrogen) atoms. The number of hydrogen-bond donors (Lipinski definition) is 1. The van der Waals surface area contributed by atoms with E-state index < -0.39 is 6.04 Å². The lowest BCUT2D eigenvalue weighted by Crippen LogP contribution is -2.55. The molecule has 1 aromatic carbocycles. The van der Waals surface area contributed by atoms with Crippen LogP contribution in [0.15, 0.2) is 24.3 Å². The number of halogens is 1. The van der Waals surface area contributed by atoms with Crippen LogP contribution in [0.4, 0.5) is 4.39 Å². The SMILES string of the molecule is COCCCN(Cc1ccc(F)cc1)C(=O)C[C@H]1C(=O)NCCN1C. The first-order chi connectivity index (χ1) is 12.0. The van der Waals surface area contributed by atoms with Gasteiger partial charge < -0.3 is 15.0 Å². The summed E-state index contributed by atoms with van der Waals surface area (Å²) in [5, 5.41) is 2.80. The van der Waals surface area contributed by atoms with Gasteiger partial charge in [0.05, 0.1) is 12.5 Å². The predicted molar refractivity (Wildman–Crippen MR) is 92.4 cm³/mol. The van der Waals surface area contributed by atoms with E-state index in [0.717, 1.165) is 12.1 Å². The third-order valence-corrected chi connectivity index (χ3v) is 4.38. The van der Waals surface area contributed by atoms with Crippen LogP contribution >= 0.6 is 0 Å². The zero-order valence-corrected chi connectivity index (χ0v) is 14.8. The number of benzene rings is 1. The average molecular weight is 351 g/mol. The quantitative estimate of drug-likeness (QED) is 0.710. The second-order valence-electron chi connectivity index (χ2n) is 6.28. The van der Waals surface area contributed by atoms with E-state index in [4.69, 9.17) is 4.74 Å². The first-order valence-corrected chi connectivity index (χ1v) is 8.50. The summed E-state index contributed by atoms with van der Waals surface area (Å²) in [6.07, 6.45) is 0.840. The minimum Gasteiger partial charge on any atom is -0.385 e. The van der Waals surface area contributed by atoms with Crippen molar-refractivity contribution in [2.45, 2.75) is 25.4 Å². The van der Waals surface area contributed by atoms with E-state index in [0.29, 0.717) is 32.7 Å². The second kappa shape index (κ2) is 9.48. The van der Waals surface area contributed by atoms with Gasteiger partial charge in [-0.2, -0.15) is 0 Å². The molecule has 7 heteroatoms. The second-order valence-corrected chi connectivity index (χ2v) is 6.28. The summed E-state index contributed by atoms with van der Waals surface area (Å²) in [6.45, 7) is 2.80. The molecule has 0 radical (unpaired) electrons. The molecule has 1 heterocycles. The van der Waals surface area contributed by atoms with Gasteiger partial charge in [0.1, 0.15) is 5.82 Å². The highest BCUT2D eigenvalue weighted by Gasteiger charge is 2.30. The van der Waals surface area contributed by atoms with E-state index in [1.54, 1.807) is 24.1 Å². The molecular weight excluding hydrogens is 325 g/mol. The van der Waals surface area contributed by atoms with Gasteiger partial charge >= 0.3 is 0 Å². The number of ether oxygens (including phenoxy) is 1. The summed E-state index contributed by atoms with van der Waals surface area (Å²) in [4.78, 5) is 28.4. The number of hydrogen-bond acceptors (Lipinski definition) is 4. The average Bonchev–Trinajstić information content (AvgIpc) is 2.59. The molecular formula is C18H26FN3O3. The molecule has 0 bridgehead atoms. The Balaban J connectivity index is 2.03. The molecule has 1 aliphatic rings. The molecule has 1 N–H and O–H groups in total. The molecule has 0 aliphatic carbocycles. The normalized spacial score (nSPS) is 18.0. The van der Waals surface area contributed by atoms with Gasteiger partial charge in [-0.15, -0.1) is 0 Å². The van der Waals surface area contributed by atoms with Crippen molar-refractivity contribution in [2.24, 2.45) is 0 Å². The van der Waals surface area contributed by atoms with Crippen molar-refractivity contribution in [1.82, 2.24) is 15.1 Å². The monoisotopic (exact) mass is 351 g/mol. The van der Waals surface area contributed by atoms with E-state index in [1.165, 1.54) is 12.1 Å². The Bertz CT molecular complexity index is 579. The Kier molecular flexibility index (Phi) is 7.33. The van der Waals surface area contributed by atoms with Crippen LogP contribution in [-0.4, -0.2) is 68.1 Å². The molecule has 138 valence electrons. The molecule has 0 unspecified atom stereocenters. The molecule has 6 nitrogen and oxygen atoms in total. The number of piperazine rings is 1. The predicted octanol–water partition coefficient (Wildman–Crippen LogP) is 1.01. The van der Waals surface area contributed by atoms with Gasteiger partial charge in [-0.25, -0.2) is 4.39 Å². The lowest BCUT2D eigenvalue weighted by Gasteiger charge is -2.33. The van der Waals surface area contributed by atoms with Crippen LogP contribution < -0.4 is 5.32 Å². The summed E-state index contributed by atoms with van der Waals surface area (Å²) in [5.74, 6) is -0.503. The van der Waals surface area contributed by atoms with Crippen LogP contribution in [0.2, 0.25) is 0 Å². The molecule has 1 aromatic rings. The zero-order chi connectivity index (χ0) is 18.2. The Morgan fingerprint density at radius 1 is 1.40 bits per heavy atom. The van der Waals surface area contributed by atoms with Crippen molar-refractivity contribution >= 4 is 11.8 Å². The molecule has 1 aliphatic heterocycles. The maximum absolute atomic E-state index is 13.1. The van der Waals surface area contributed by atoms with Crippen LogP contribution in [0.25, 0.3) is 0 Å². The third kappa shape index (κ3) is 5.79. The number of carbonyl (C=O) groups excluding carboxylic acids is 2. The van der Waals surface area contributed by atoms with Crippen molar-refractivity contribution in [2.75, 3.05) is 40.4 Å². The first kappa shape index (κ1) is 19.3. The molecule has 2 rings (SSSR count). The summed E-state index contributed by atoms with van der Waals surface area (Å²) < 4.78 is 18.1. The Hall–Kier alpha value is -1.99. The van der Waals surface area contributed by atoms with Crippen molar-refractivity contribution in [3.63, 3.8) is 0 Å². The van der Waals surface area contributed by atoms with E-state index >= 15 is 0 Å². The number of methoxy groups -OCH3 is 1. The molecule has 1 atom stereocenters. The van der Waals surface area contributed by atoms with Crippen LogP contribution in [0.5, 0.6) is 0 Å². The lowest BCUT2D eigenvalue weighted by molar-refractivity contribution is -0.138. The third-order valence-electron chi connectivity index (χ3n) is 4.38. The van der Waals surface area contributed by atoms with Gasteiger partial charge in [-0.3, -0.25) is 14.5 Å². The molecule has 0 spiro atoms. The number of nitrogens with one attached hydrogen (secondary N) is 1. The van der Waals surface area contributed by atoms with E-state index in [-0.39, 0.29) is 24.1 Å². The van der Waals surface area contributed by atoms with Gasteiger partial charge in [0.15, 0.2) is 0 Å². The number of nitrogens with zero attached hydrogens (tertiary/aromatic N) is 2. The Morgan fingerprint density at radius 2 is 2.12 bits per heavy atom. The Morgan fingerprint density at radius 3 is 2.76 bits per heavy atom. The summed E-state index contributed by atoms with van der Waals surface area (Å²) in [6, 6.07) is 5.67. The molecule has 1 saturated heterocycles. The zero-order valence-electron chi connectivity index (χ0n) is 14.8. The molecule has 2 amide bonds. The molecule has 0 aromatic heterocycles. The number of carbonyl (C=O) groups is 2. The van der Waals surface area contributed by atoms with Gasteiger partial charge in [0, 0.05) is 39.9 Å². The van der Waals surface area contributed by atoms with E-state index in [9.17, 15) is 14.0 Å². The fourth-order valence-corrected chi connectivity index (χ4v) is 2.87. The van der Waals surface area contributed by atoms with E-state index in [1.807, 2.05) is 11.9 Å². The first-order valence-electron chi connectivity index (χ1n) is 8.50. The number of likely N-dealkylation sites (N-methyl/N-ethyl adjacent to an activating group) is 1. The lowest BCUT2D eigenvalue weighted by atomic mass is 10.1. The van der Waals surface area contributed by atoms with Gasteiger partial charge in [-0.05, 0) is 31.2 Å². The minimum absolute atomic E-state index is 0.0886. The van der Waals surface area contributed by atoms with Gasteiger partial charge in [0.25, 0.3) is 0 Å². The van der Waals surface area contributed by atoms with Crippen molar-refractivity contribution < 1.29 is 18.7 Å². The highest BCUT2D eigenvalue weighted by Crippen LogP contribution is 2.13. The van der Waals surface area contributed by atoms with Gasteiger partial charge in [-0.1, -0.05) is 12.1 Å². The van der Waals surface area contributed by atoms with Crippen LogP contribution in [-0.2, 0) is 20.9 Å². The van der Waals surface area contributed by atoms with E-state index in [2.05, 4.69) is 5.32 Å². The highest BCUT2D eigenvalue weighted by atomic mass is 19.1. The van der Waals surface area contributed by atoms with Crippen molar-refractivity contribution in [1.29, 1.82) is 0 Å². The standard InChI is InChI=1S/C18H26FN3O3/c1-21-10-8-20-18(24)16(21)12-17(23)22(9-3-11-25-2)13-14-4-6-15(19)7-5-14/h4-7,16H,3,8-13H2,1-2H3,(H,20,24)/t16-/m0/s1. The maximum Gasteiger partial charge on any atom is 0.237 e. The summed E-state index contributed by atoms with van der Waals surface area (Å²) in [5.41, 5.74) is 0.855. The molecule has 1 fully saturated rings. The van der Waals surface area contributed by atoms with Crippen LogP contribution in [0, 0.1) is 5.82 Å². The van der Waals surface area contributed by atoms with Crippen molar-refractivity contribution in [3.8, 4) is 0 Å². The molecule has 0 saturated carbocycles. The van der Waals surface area contributed by atoms with Gasteiger partial charge in [0.2, 0.25) is 11.8 Å².